The van der Waals surface area contributed by atoms with Crippen LogP contribution < -0.4 is 11.1 Å². The fourth-order valence-electron chi connectivity index (χ4n) is 1.11. The molecule has 0 atom stereocenters. The molecule has 0 heterocycles. The molecule has 19 heavy (non-hydrogen) atoms. The van der Waals surface area contributed by atoms with Gasteiger partial charge in [-0.05, 0) is 26.7 Å². The van der Waals surface area contributed by atoms with E-state index in [4.69, 9.17) is 10.5 Å². The maximum atomic E-state index is 11.9. The lowest BCUT2D eigenvalue weighted by Gasteiger charge is -2.25. The minimum Gasteiger partial charge on any atom is -0.443 e. The van der Waals surface area contributed by atoms with Crippen molar-refractivity contribution >= 4 is 12.1 Å². The third-order valence-electron chi connectivity index (χ3n) is 1.90. The zero-order valence-electron chi connectivity index (χ0n) is 12.4. The maximum absolute atomic E-state index is 11.9. The van der Waals surface area contributed by atoms with E-state index < -0.39 is 17.7 Å². The molecule has 3 amide bonds. The summed E-state index contributed by atoms with van der Waals surface area (Å²) >= 11 is 0. The maximum Gasteiger partial charge on any atom is 0.418 e. The van der Waals surface area contributed by atoms with Crippen LogP contribution in [0.3, 0.4) is 0 Å². The summed E-state index contributed by atoms with van der Waals surface area (Å²) in [5, 5.41) is 2.52. The Kier molecular flexibility index (Phi) is 7.14. The van der Waals surface area contributed by atoms with Crippen LogP contribution in [-0.4, -0.2) is 35.7 Å². The molecule has 0 spiro atoms. The fourth-order valence-corrected chi connectivity index (χ4v) is 1.11. The third kappa shape index (κ3) is 8.20. The number of nitrogens with two attached hydrogens (primary N) is 1. The van der Waals surface area contributed by atoms with Crippen molar-refractivity contribution in [2.75, 3.05) is 13.1 Å². The van der Waals surface area contributed by atoms with E-state index >= 15 is 0 Å². The van der Waals surface area contributed by atoms with Crippen molar-refractivity contribution in [3.8, 4) is 0 Å². The number of imide groups is 1. The van der Waals surface area contributed by atoms with Crippen LogP contribution in [0.25, 0.3) is 0 Å². The highest BCUT2D eigenvalue weighted by Crippen LogP contribution is 2.09. The van der Waals surface area contributed by atoms with Gasteiger partial charge in [0.15, 0.2) is 0 Å². The first kappa shape index (κ1) is 17.4. The number of rotatable bonds is 4. The summed E-state index contributed by atoms with van der Waals surface area (Å²) in [7, 11) is 0. The number of hydrogen-bond acceptors (Lipinski definition) is 4. The molecule has 0 bridgehead atoms. The van der Waals surface area contributed by atoms with Crippen molar-refractivity contribution in [2.24, 2.45) is 11.7 Å². The van der Waals surface area contributed by atoms with Gasteiger partial charge in [-0.15, -0.1) is 0 Å². The van der Waals surface area contributed by atoms with E-state index in [1.807, 2.05) is 19.9 Å². The quantitative estimate of drug-likeness (QED) is 0.819. The summed E-state index contributed by atoms with van der Waals surface area (Å²) < 4.78 is 5.15. The zero-order chi connectivity index (χ0) is 15.1. The zero-order valence-corrected chi connectivity index (χ0v) is 12.4. The number of carbonyl (C=O) groups excluding carboxylic acids is 2. The lowest BCUT2D eigenvalue weighted by atomic mass is 10.2. The molecular formula is C13H25N3O3. The number of urea groups is 1. The number of hydrogen-bond donors (Lipinski definition) is 2. The molecule has 0 unspecified atom stereocenters. The first-order chi connectivity index (χ1) is 8.67. The average molecular weight is 271 g/mol. The molecule has 0 aliphatic rings. The highest BCUT2D eigenvalue weighted by molar-refractivity contribution is 5.91. The van der Waals surface area contributed by atoms with Gasteiger partial charge >= 0.3 is 12.1 Å². The molecule has 3 N–H and O–H groups in total. The second-order valence-electron chi connectivity index (χ2n) is 5.47. The Morgan fingerprint density at radius 3 is 2.37 bits per heavy atom. The van der Waals surface area contributed by atoms with Crippen molar-refractivity contribution < 1.29 is 14.3 Å². The molecule has 0 aliphatic carbocycles. The summed E-state index contributed by atoms with van der Waals surface area (Å²) in [6, 6.07) is -0.545. The lowest BCUT2D eigenvalue weighted by molar-refractivity contribution is 0.0328. The van der Waals surface area contributed by atoms with Crippen molar-refractivity contribution in [1.29, 1.82) is 0 Å². The number of ether oxygens (including phenoxy) is 1. The monoisotopic (exact) mass is 271 g/mol. The summed E-state index contributed by atoms with van der Waals surface area (Å²) in [5.41, 5.74) is 4.74. The molecule has 0 fully saturated rings. The minimum absolute atomic E-state index is 0.107. The number of carbonyl (C=O) groups is 2. The Labute approximate surface area is 115 Å². The molecule has 0 aromatic rings. The standard InChI is InChI=1S/C13H25N3O3/c1-10(2)6-8-15-11(17)16(9-7-14)12(18)19-13(3,4)5/h6,8,10H,7,9,14H2,1-5H3,(H,15,17)/b8-6+. The summed E-state index contributed by atoms with van der Waals surface area (Å²) in [5.74, 6) is 0.310. The predicted octanol–water partition coefficient (Wildman–Crippen LogP) is 2.06. The molecule has 0 aliphatic heterocycles. The molecule has 6 heteroatoms. The van der Waals surface area contributed by atoms with Gasteiger partial charge in [0, 0.05) is 19.3 Å². The van der Waals surface area contributed by atoms with Crippen molar-refractivity contribution in [2.45, 2.75) is 40.2 Å². The molecule has 110 valence electrons. The van der Waals surface area contributed by atoms with Crippen LogP contribution in [0.5, 0.6) is 0 Å². The summed E-state index contributed by atoms with van der Waals surface area (Å²) in [6.07, 6.45) is 2.63. The van der Waals surface area contributed by atoms with E-state index in [1.54, 1.807) is 20.8 Å². The van der Waals surface area contributed by atoms with E-state index in [-0.39, 0.29) is 13.1 Å². The van der Waals surface area contributed by atoms with Crippen LogP contribution in [0.1, 0.15) is 34.6 Å². The Balaban J connectivity index is 4.62. The number of nitrogens with one attached hydrogen (secondary N) is 1. The fraction of sp³-hybridized carbons (Fsp3) is 0.692. The Bertz CT molecular complexity index is 333. The van der Waals surface area contributed by atoms with Gasteiger partial charge in [-0.2, -0.15) is 0 Å². The molecule has 0 saturated heterocycles. The molecular weight excluding hydrogens is 246 g/mol. The van der Waals surface area contributed by atoms with Gasteiger partial charge in [-0.3, -0.25) is 0 Å². The van der Waals surface area contributed by atoms with Gasteiger partial charge in [0.2, 0.25) is 0 Å². The normalized spacial score (nSPS) is 11.7. The second-order valence-corrected chi connectivity index (χ2v) is 5.47. The molecule has 0 aromatic carbocycles. The second kappa shape index (κ2) is 7.78. The van der Waals surface area contributed by atoms with Crippen molar-refractivity contribution in [3.05, 3.63) is 12.3 Å². The highest BCUT2D eigenvalue weighted by atomic mass is 16.6. The first-order valence-corrected chi connectivity index (χ1v) is 6.35. The van der Waals surface area contributed by atoms with Crippen molar-refractivity contribution in [3.63, 3.8) is 0 Å². The largest absolute Gasteiger partial charge is 0.443 e. The average Bonchev–Trinajstić information content (AvgIpc) is 2.22. The topological polar surface area (TPSA) is 84.7 Å². The SMILES string of the molecule is CC(C)/C=C/NC(=O)N(CCN)C(=O)OC(C)(C)C. The van der Waals surface area contributed by atoms with Gasteiger partial charge in [0.1, 0.15) is 5.60 Å². The molecule has 0 saturated carbocycles. The van der Waals surface area contributed by atoms with Crippen LogP contribution >= 0.6 is 0 Å². The van der Waals surface area contributed by atoms with Crippen LogP contribution in [0, 0.1) is 5.92 Å². The van der Waals surface area contributed by atoms with Gasteiger partial charge < -0.3 is 15.8 Å². The Hall–Kier alpha value is -1.56. The number of nitrogens with zero attached hydrogens (tertiary/aromatic N) is 1. The van der Waals surface area contributed by atoms with E-state index in [2.05, 4.69) is 5.32 Å². The summed E-state index contributed by atoms with van der Waals surface area (Å²) in [6.45, 7) is 9.46. The van der Waals surface area contributed by atoms with E-state index in [9.17, 15) is 9.59 Å². The molecule has 0 rings (SSSR count). The van der Waals surface area contributed by atoms with Crippen molar-refractivity contribution in [1.82, 2.24) is 10.2 Å². The molecule has 0 aromatic heterocycles. The minimum atomic E-state index is -0.701. The number of allylic oxidation sites excluding steroid dienone is 1. The lowest BCUT2D eigenvalue weighted by Crippen LogP contribution is -2.46. The van der Waals surface area contributed by atoms with Crippen LogP contribution in [0.2, 0.25) is 0 Å². The first-order valence-electron chi connectivity index (χ1n) is 6.35. The van der Waals surface area contributed by atoms with Crippen LogP contribution in [0.4, 0.5) is 9.59 Å². The van der Waals surface area contributed by atoms with Crippen LogP contribution in [0.15, 0.2) is 12.3 Å². The van der Waals surface area contributed by atoms with Crippen LogP contribution in [-0.2, 0) is 4.74 Å². The van der Waals surface area contributed by atoms with E-state index in [0.29, 0.717) is 5.92 Å². The Morgan fingerprint density at radius 2 is 1.95 bits per heavy atom. The molecule has 0 radical (unpaired) electrons. The third-order valence-corrected chi connectivity index (χ3v) is 1.90. The highest BCUT2D eigenvalue weighted by Gasteiger charge is 2.26. The Morgan fingerprint density at radius 1 is 1.37 bits per heavy atom. The van der Waals surface area contributed by atoms with Gasteiger partial charge in [-0.1, -0.05) is 19.9 Å². The van der Waals surface area contributed by atoms with E-state index in [0.717, 1.165) is 4.90 Å². The van der Waals surface area contributed by atoms with E-state index in [1.165, 1.54) is 6.20 Å². The smallest absolute Gasteiger partial charge is 0.418 e. The predicted molar refractivity (Wildman–Crippen MR) is 74.5 cm³/mol. The molecule has 6 nitrogen and oxygen atoms in total. The summed E-state index contributed by atoms with van der Waals surface area (Å²) in [4.78, 5) is 24.7. The number of amides is 3. The van der Waals surface area contributed by atoms with Gasteiger partial charge in [0.05, 0.1) is 0 Å². The van der Waals surface area contributed by atoms with Gasteiger partial charge in [-0.25, -0.2) is 14.5 Å². The van der Waals surface area contributed by atoms with Gasteiger partial charge in [0.25, 0.3) is 0 Å².